The second-order valence-corrected chi connectivity index (χ2v) is 12.8. The Bertz CT molecular complexity index is 993. The van der Waals surface area contributed by atoms with Gasteiger partial charge >= 0.3 is 19.5 Å². The number of aliphatic hydroxyl groups excluding tert-OH is 1. The van der Waals surface area contributed by atoms with Gasteiger partial charge in [0.05, 0.1) is 31.5 Å². The lowest BCUT2D eigenvalue weighted by atomic mass is 9.51. The summed E-state index contributed by atoms with van der Waals surface area (Å²) in [6.45, 7) is 6.52. The number of rotatable bonds is 10. The van der Waals surface area contributed by atoms with Crippen LogP contribution in [0.1, 0.15) is 46.5 Å². The van der Waals surface area contributed by atoms with Crippen molar-refractivity contribution in [2.75, 3.05) is 40.2 Å². The third-order valence-electron chi connectivity index (χ3n) is 8.72. The second-order valence-electron chi connectivity index (χ2n) is 10.5. The minimum absolute atomic E-state index is 0.0112. The number of carbonyl (C=O) groups excluding carboxylic acids is 2. The quantitative estimate of drug-likeness (QED) is 0.148. The van der Waals surface area contributed by atoms with Gasteiger partial charge in [-0.15, -0.1) is 0 Å². The van der Waals surface area contributed by atoms with Crippen molar-refractivity contribution in [2.24, 2.45) is 10.8 Å². The molecular weight excluding hydrogens is 491 g/mol. The highest BCUT2D eigenvalue weighted by Gasteiger charge is 2.81. The summed E-state index contributed by atoms with van der Waals surface area (Å²) in [6.07, 6.45) is 4.33. The minimum atomic E-state index is -3.49. The number of carbonyl (C=O) groups is 2. The normalized spacial score (nSPS) is 37.3. The zero-order valence-electron chi connectivity index (χ0n) is 21.6. The van der Waals surface area contributed by atoms with Crippen LogP contribution in [0.25, 0.3) is 0 Å². The van der Waals surface area contributed by atoms with Crippen molar-refractivity contribution in [3.05, 3.63) is 23.3 Å². The van der Waals surface area contributed by atoms with E-state index < -0.39 is 48.2 Å². The highest BCUT2D eigenvalue weighted by atomic mass is 31.2. The molecule has 6 atom stereocenters. The molecule has 11 heteroatoms. The number of fused-ring (bicyclic) bond motifs is 2. The van der Waals surface area contributed by atoms with Gasteiger partial charge in [0.2, 0.25) is 0 Å². The van der Waals surface area contributed by atoms with Crippen molar-refractivity contribution >= 4 is 19.5 Å². The van der Waals surface area contributed by atoms with Crippen LogP contribution < -0.4 is 0 Å². The molecule has 2 bridgehead atoms. The summed E-state index contributed by atoms with van der Waals surface area (Å²) < 4.78 is 44.7. The van der Waals surface area contributed by atoms with E-state index in [1.54, 1.807) is 6.92 Å². The van der Waals surface area contributed by atoms with Crippen LogP contribution in [0.15, 0.2) is 23.3 Å². The zero-order valence-corrected chi connectivity index (χ0v) is 22.5. The van der Waals surface area contributed by atoms with Crippen molar-refractivity contribution in [1.29, 1.82) is 0 Å². The van der Waals surface area contributed by atoms with E-state index >= 15 is 0 Å². The van der Waals surface area contributed by atoms with Crippen LogP contribution in [0.5, 0.6) is 0 Å². The molecule has 4 rings (SSSR count). The Balaban J connectivity index is 1.37. The van der Waals surface area contributed by atoms with Crippen molar-refractivity contribution in [2.45, 2.75) is 70.4 Å². The highest BCUT2D eigenvalue weighted by molar-refractivity contribution is 7.54. The molecule has 0 aromatic heterocycles. The van der Waals surface area contributed by atoms with E-state index in [-0.39, 0.29) is 25.4 Å². The van der Waals surface area contributed by atoms with Gasteiger partial charge in [0.25, 0.3) is 0 Å². The van der Waals surface area contributed by atoms with E-state index in [1.165, 1.54) is 25.9 Å². The third-order valence-corrected chi connectivity index (χ3v) is 10.5. The van der Waals surface area contributed by atoms with Crippen molar-refractivity contribution in [3.8, 4) is 0 Å². The van der Waals surface area contributed by atoms with Gasteiger partial charge in [-0.25, -0.2) is 4.79 Å². The minimum Gasteiger partial charge on any atom is -0.465 e. The van der Waals surface area contributed by atoms with Gasteiger partial charge in [-0.05, 0) is 26.7 Å². The molecule has 10 nitrogen and oxygen atoms in total. The van der Waals surface area contributed by atoms with Crippen LogP contribution in [0.2, 0.25) is 0 Å². The molecule has 0 aromatic carbocycles. The number of epoxide rings is 1. The summed E-state index contributed by atoms with van der Waals surface area (Å²) >= 11 is 0. The van der Waals surface area contributed by atoms with E-state index in [2.05, 4.69) is 19.9 Å². The summed E-state index contributed by atoms with van der Waals surface area (Å²) in [5, 5.41) is 11.2. The van der Waals surface area contributed by atoms with Gasteiger partial charge in [0, 0.05) is 44.0 Å². The smallest absolute Gasteiger partial charge is 0.341 e. The van der Waals surface area contributed by atoms with Crippen LogP contribution in [0, 0.1) is 10.8 Å². The summed E-state index contributed by atoms with van der Waals surface area (Å²) in [6, 6.07) is 0. The average Bonchev–Trinajstić information content (AvgIpc) is 3.61. The Morgan fingerprint density at radius 2 is 1.97 bits per heavy atom. The van der Waals surface area contributed by atoms with Crippen LogP contribution in [-0.2, 0) is 42.1 Å². The van der Waals surface area contributed by atoms with Crippen molar-refractivity contribution in [1.82, 2.24) is 0 Å². The second kappa shape index (κ2) is 9.97. The summed E-state index contributed by atoms with van der Waals surface area (Å²) in [7, 11) is -1.09. The first-order valence-corrected chi connectivity index (χ1v) is 14.0. The predicted octanol–water partition coefficient (Wildman–Crippen LogP) is 2.93. The number of aliphatic hydroxyl groups is 1. The molecule has 2 aliphatic heterocycles. The molecule has 2 heterocycles. The Kier molecular flexibility index (Phi) is 7.61. The van der Waals surface area contributed by atoms with Crippen LogP contribution >= 0.6 is 7.60 Å². The Morgan fingerprint density at radius 1 is 1.28 bits per heavy atom. The fraction of sp³-hybridized carbons (Fsp3) is 0.760. The Labute approximate surface area is 211 Å². The maximum absolute atomic E-state index is 12.7. The average molecular weight is 529 g/mol. The molecule has 0 radical (unpaired) electrons. The van der Waals surface area contributed by atoms with Gasteiger partial charge in [0.15, 0.2) is 0 Å². The highest BCUT2D eigenvalue weighted by Crippen LogP contribution is 2.71. The number of esters is 2. The first-order valence-electron chi connectivity index (χ1n) is 12.3. The fourth-order valence-corrected chi connectivity index (χ4v) is 7.06. The van der Waals surface area contributed by atoms with Gasteiger partial charge < -0.3 is 33.1 Å². The molecule has 2 saturated heterocycles. The molecule has 1 N–H and O–H groups in total. The molecule has 1 spiro atoms. The molecule has 202 valence electrons. The third kappa shape index (κ3) is 4.50. The standard InChI is InChI=1S/C25H37O10P/c1-16-6-8-24(19(10-16)35-20-12-18(26)23(24,3)25(20)15-34-25)14-33-21(27)11-17(2)7-9-32-22(28)13-36(29,30-4)31-5/h10-11,18-20,26H,6-9,12-15H2,1-5H3/b17-11-/t18-,19-,20-,23?,24-,25?/m1/s1. The molecule has 0 aromatic rings. The number of hydrogen-bond donors (Lipinski definition) is 1. The molecule has 0 amide bonds. The molecule has 36 heavy (non-hydrogen) atoms. The summed E-state index contributed by atoms with van der Waals surface area (Å²) in [5.74, 6) is -1.22. The van der Waals surface area contributed by atoms with Gasteiger partial charge in [-0.1, -0.05) is 24.1 Å². The summed E-state index contributed by atoms with van der Waals surface area (Å²) in [4.78, 5) is 24.6. The lowest BCUT2D eigenvalue weighted by molar-refractivity contribution is -0.229. The molecule has 2 aliphatic carbocycles. The molecule has 4 aliphatic rings. The Hall–Kier alpha value is -1.55. The topological polar surface area (TPSA) is 130 Å². The number of ether oxygens (including phenoxy) is 4. The lowest BCUT2D eigenvalue weighted by Gasteiger charge is -2.58. The molecule has 2 unspecified atom stereocenters. The molecule has 3 fully saturated rings. The first-order chi connectivity index (χ1) is 16.9. The van der Waals surface area contributed by atoms with E-state index in [1.807, 2.05) is 0 Å². The number of hydrogen-bond acceptors (Lipinski definition) is 10. The Morgan fingerprint density at radius 3 is 2.61 bits per heavy atom. The maximum Gasteiger partial charge on any atom is 0.341 e. The van der Waals surface area contributed by atoms with E-state index in [0.29, 0.717) is 25.0 Å². The first kappa shape index (κ1) is 27.5. The van der Waals surface area contributed by atoms with Gasteiger partial charge in [-0.3, -0.25) is 9.36 Å². The predicted molar refractivity (Wildman–Crippen MR) is 128 cm³/mol. The van der Waals surface area contributed by atoms with Crippen molar-refractivity contribution in [3.63, 3.8) is 0 Å². The zero-order chi connectivity index (χ0) is 26.4. The largest absolute Gasteiger partial charge is 0.465 e. The summed E-state index contributed by atoms with van der Waals surface area (Å²) in [5.41, 5.74) is 0.169. The lowest BCUT2D eigenvalue weighted by Crippen LogP contribution is -2.66. The molecular formula is C25H37O10P. The van der Waals surface area contributed by atoms with E-state index in [0.717, 1.165) is 12.8 Å². The number of allylic oxidation sites excluding steroid dienone is 1. The van der Waals surface area contributed by atoms with E-state index in [4.69, 9.17) is 28.0 Å². The van der Waals surface area contributed by atoms with Crippen LogP contribution in [-0.4, -0.2) is 81.2 Å². The van der Waals surface area contributed by atoms with Crippen LogP contribution in [0.4, 0.5) is 0 Å². The van der Waals surface area contributed by atoms with Gasteiger partial charge in [0.1, 0.15) is 18.4 Å². The van der Waals surface area contributed by atoms with Gasteiger partial charge in [-0.2, -0.15) is 0 Å². The van der Waals surface area contributed by atoms with Crippen LogP contribution in [0.3, 0.4) is 0 Å². The van der Waals surface area contributed by atoms with Crippen molar-refractivity contribution < 1.29 is 47.3 Å². The van der Waals surface area contributed by atoms with E-state index in [9.17, 15) is 19.3 Å². The molecule has 1 saturated carbocycles. The monoisotopic (exact) mass is 528 g/mol. The fourth-order valence-electron chi connectivity index (χ4n) is 6.25. The maximum atomic E-state index is 12.7. The SMILES string of the molecule is COP(=O)(CC(=O)OCC/C(C)=C\C(=O)OC[C@]12CCC(C)=C[C@H]1O[C@@H]1C[C@@H](O)C2(C)C12CO2)OC.